The highest BCUT2D eigenvalue weighted by Crippen LogP contribution is 2.37. The molecule has 5 N–H and O–H groups in total. The van der Waals surface area contributed by atoms with Crippen molar-refractivity contribution in [2.75, 3.05) is 19.4 Å². The first kappa shape index (κ1) is 24.5. The molecule has 0 spiro atoms. The summed E-state index contributed by atoms with van der Waals surface area (Å²) in [6.07, 6.45) is 1.94. The standard InChI is InChI=1S/C27H26N4O5S/c1-36-17-8-6-15(7-9-17)13-31-14-22-19(23(27(34)35)25(28)37-22)10-16(31)11-30-26(33)24(32)20-12-29-21-5-3-2-4-18(20)21/h2-9,12,16,29H,10-11,13-14,28H2,1H3,(H,30,33)(H,34,35). The normalized spacial score (nSPS) is 15.3. The number of aromatic carboxylic acids is 1. The summed E-state index contributed by atoms with van der Waals surface area (Å²) >= 11 is 1.29. The number of para-hydroxylation sites is 1. The van der Waals surface area contributed by atoms with Crippen LogP contribution in [0.25, 0.3) is 10.9 Å². The van der Waals surface area contributed by atoms with Crippen LogP contribution in [-0.4, -0.2) is 52.3 Å². The zero-order valence-corrected chi connectivity index (χ0v) is 20.9. The number of thiophene rings is 1. The van der Waals surface area contributed by atoms with Gasteiger partial charge in [-0.15, -0.1) is 11.3 Å². The summed E-state index contributed by atoms with van der Waals surface area (Å²) in [5.41, 5.74) is 9.01. The molecule has 1 atom stereocenters. The van der Waals surface area contributed by atoms with Crippen LogP contribution < -0.4 is 15.8 Å². The lowest BCUT2D eigenvalue weighted by Crippen LogP contribution is -2.48. The number of ether oxygens (including phenoxy) is 1. The number of amides is 1. The van der Waals surface area contributed by atoms with Gasteiger partial charge in [-0.1, -0.05) is 30.3 Å². The maximum atomic E-state index is 12.9. The molecule has 1 aliphatic heterocycles. The minimum absolute atomic E-state index is 0.135. The first-order chi connectivity index (χ1) is 17.9. The van der Waals surface area contributed by atoms with Gasteiger partial charge in [0.25, 0.3) is 11.7 Å². The summed E-state index contributed by atoms with van der Waals surface area (Å²) in [7, 11) is 1.61. The van der Waals surface area contributed by atoms with Gasteiger partial charge in [0.2, 0.25) is 0 Å². The number of H-pyrrole nitrogens is 1. The van der Waals surface area contributed by atoms with Gasteiger partial charge >= 0.3 is 5.97 Å². The Morgan fingerprint density at radius 1 is 1.19 bits per heavy atom. The molecule has 0 fully saturated rings. The van der Waals surface area contributed by atoms with Crippen molar-refractivity contribution in [3.8, 4) is 5.75 Å². The first-order valence-corrected chi connectivity index (χ1v) is 12.6. The van der Waals surface area contributed by atoms with E-state index in [-0.39, 0.29) is 23.2 Å². The third-order valence-electron chi connectivity index (χ3n) is 6.72. The van der Waals surface area contributed by atoms with E-state index in [0.717, 1.165) is 21.7 Å². The summed E-state index contributed by atoms with van der Waals surface area (Å²) in [4.78, 5) is 43.8. The van der Waals surface area contributed by atoms with Gasteiger partial charge < -0.3 is 25.9 Å². The number of Topliss-reactive ketones (excluding diaryl/α,β-unsaturated/α-hetero) is 1. The van der Waals surface area contributed by atoms with Crippen molar-refractivity contribution in [2.24, 2.45) is 0 Å². The van der Waals surface area contributed by atoms with Crippen LogP contribution in [-0.2, 0) is 24.3 Å². The SMILES string of the molecule is COc1ccc(CN2Cc3sc(N)c(C(=O)O)c3CC2CNC(=O)C(=O)c2c[nH]c3ccccc23)cc1. The minimum Gasteiger partial charge on any atom is -0.497 e. The summed E-state index contributed by atoms with van der Waals surface area (Å²) in [6.45, 7) is 1.23. The third-order valence-corrected chi connectivity index (χ3v) is 7.76. The number of hydrogen-bond donors (Lipinski definition) is 4. The van der Waals surface area contributed by atoms with Crippen molar-refractivity contribution in [1.29, 1.82) is 0 Å². The Morgan fingerprint density at radius 3 is 2.68 bits per heavy atom. The molecule has 0 saturated carbocycles. The number of carbonyl (C=O) groups excluding carboxylic acids is 2. The molecule has 37 heavy (non-hydrogen) atoms. The van der Waals surface area contributed by atoms with Gasteiger partial charge in [0.05, 0.1) is 18.2 Å². The van der Waals surface area contributed by atoms with Crippen molar-refractivity contribution < 1.29 is 24.2 Å². The maximum Gasteiger partial charge on any atom is 0.338 e. The average Bonchev–Trinajstić information content (AvgIpc) is 3.47. The molecule has 0 aliphatic carbocycles. The fourth-order valence-corrected chi connectivity index (χ4v) is 5.93. The monoisotopic (exact) mass is 518 g/mol. The Morgan fingerprint density at radius 2 is 1.95 bits per heavy atom. The number of carboxylic acids is 1. The van der Waals surface area contributed by atoms with E-state index < -0.39 is 17.7 Å². The molecule has 0 bridgehead atoms. The molecule has 190 valence electrons. The Labute approximate surface area is 216 Å². The number of nitrogens with two attached hydrogens (primary N) is 1. The predicted octanol–water partition coefficient (Wildman–Crippen LogP) is 3.44. The summed E-state index contributed by atoms with van der Waals surface area (Å²) in [5.74, 6) is -1.64. The first-order valence-electron chi connectivity index (χ1n) is 11.7. The second kappa shape index (κ2) is 10.1. The van der Waals surface area contributed by atoms with Gasteiger partial charge in [0.1, 0.15) is 10.8 Å². The topological polar surface area (TPSA) is 138 Å². The van der Waals surface area contributed by atoms with Crippen molar-refractivity contribution in [3.63, 3.8) is 0 Å². The van der Waals surface area contributed by atoms with Gasteiger partial charge in [0.15, 0.2) is 0 Å². The van der Waals surface area contributed by atoms with Crippen molar-refractivity contribution in [3.05, 3.63) is 81.9 Å². The van der Waals surface area contributed by atoms with Crippen LogP contribution in [0.2, 0.25) is 0 Å². The molecular weight excluding hydrogens is 492 g/mol. The fraction of sp³-hybridized carbons (Fsp3) is 0.222. The quantitative estimate of drug-likeness (QED) is 0.207. The Balaban J connectivity index is 1.36. The fourth-order valence-electron chi connectivity index (χ4n) is 4.81. The summed E-state index contributed by atoms with van der Waals surface area (Å²) < 4.78 is 5.25. The molecule has 3 heterocycles. The number of nitrogen functional groups attached to an aromatic ring is 1. The van der Waals surface area contributed by atoms with Crippen LogP contribution in [0.3, 0.4) is 0 Å². The smallest absolute Gasteiger partial charge is 0.338 e. The van der Waals surface area contributed by atoms with Crippen LogP contribution in [0, 0.1) is 0 Å². The second-order valence-electron chi connectivity index (χ2n) is 8.95. The minimum atomic E-state index is -1.06. The number of anilines is 1. The lowest BCUT2D eigenvalue weighted by Gasteiger charge is -2.36. The van der Waals surface area contributed by atoms with E-state index in [0.29, 0.717) is 36.0 Å². The highest BCUT2D eigenvalue weighted by Gasteiger charge is 2.33. The van der Waals surface area contributed by atoms with Gasteiger partial charge in [-0.25, -0.2) is 4.79 Å². The number of aromatic nitrogens is 1. The zero-order valence-electron chi connectivity index (χ0n) is 20.1. The Hall–Kier alpha value is -4.15. The number of nitrogens with zero attached hydrogens (tertiary/aromatic N) is 1. The van der Waals surface area contributed by atoms with Crippen LogP contribution in [0.4, 0.5) is 5.00 Å². The molecule has 1 unspecified atom stereocenters. The Bertz CT molecular complexity index is 1490. The number of nitrogens with one attached hydrogen (secondary N) is 2. The molecule has 5 rings (SSSR count). The van der Waals surface area contributed by atoms with Gasteiger partial charge in [-0.2, -0.15) is 0 Å². The predicted molar refractivity (Wildman–Crippen MR) is 141 cm³/mol. The molecular formula is C27H26N4O5S. The average molecular weight is 519 g/mol. The number of hydrogen-bond acceptors (Lipinski definition) is 7. The van der Waals surface area contributed by atoms with Crippen LogP contribution >= 0.6 is 11.3 Å². The van der Waals surface area contributed by atoms with E-state index in [1.54, 1.807) is 19.4 Å². The van der Waals surface area contributed by atoms with Crippen molar-refractivity contribution in [1.82, 2.24) is 15.2 Å². The number of carboxylic acid groups (broad SMARTS) is 1. The highest BCUT2D eigenvalue weighted by atomic mass is 32.1. The number of aromatic amines is 1. The largest absolute Gasteiger partial charge is 0.497 e. The second-order valence-corrected chi connectivity index (χ2v) is 10.1. The third kappa shape index (κ3) is 4.81. The summed E-state index contributed by atoms with van der Waals surface area (Å²) in [5, 5.41) is 13.5. The molecule has 2 aromatic heterocycles. The molecule has 1 aliphatic rings. The molecule has 2 aromatic carbocycles. The number of ketones is 1. The number of rotatable bonds is 8. The number of fused-ring (bicyclic) bond motifs is 2. The molecule has 9 nitrogen and oxygen atoms in total. The molecule has 0 saturated heterocycles. The van der Waals surface area contributed by atoms with Crippen molar-refractivity contribution in [2.45, 2.75) is 25.6 Å². The van der Waals surface area contributed by atoms with E-state index in [1.165, 1.54) is 11.3 Å². The molecule has 0 radical (unpaired) electrons. The lowest BCUT2D eigenvalue weighted by molar-refractivity contribution is -0.117. The van der Waals surface area contributed by atoms with Crippen LogP contribution in [0.5, 0.6) is 5.75 Å². The number of benzene rings is 2. The number of carbonyl (C=O) groups is 3. The molecule has 10 heteroatoms. The van der Waals surface area contributed by atoms with Gasteiger partial charge in [-0.05, 0) is 35.7 Å². The zero-order chi connectivity index (χ0) is 26.1. The van der Waals surface area contributed by atoms with E-state index in [9.17, 15) is 19.5 Å². The van der Waals surface area contributed by atoms with Crippen LogP contribution in [0.15, 0.2) is 54.7 Å². The highest BCUT2D eigenvalue weighted by molar-refractivity contribution is 7.16. The summed E-state index contributed by atoms with van der Waals surface area (Å²) in [6, 6.07) is 14.8. The van der Waals surface area contributed by atoms with Gasteiger partial charge in [0, 0.05) is 47.7 Å². The number of methoxy groups -OCH3 is 1. The van der Waals surface area contributed by atoms with Gasteiger partial charge in [-0.3, -0.25) is 14.5 Å². The maximum absolute atomic E-state index is 12.9. The van der Waals surface area contributed by atoms with E-state index in [4.69, 9.17) is 10.5 Å². The Kier molecular flexibility index (Phi) is 6.68. The molecule has 1 amide bonds. The lowest BCUT2D eigenvalue weighted by atomic mass is 9.95. The van der Waals surface area contributed by atoms with E-state index >= 15 is 0 Å². The molecule has 4 aromatic rings. The van der Waals surface area contributed by atoms with Crippen LogP contribution in [0.1, 0.15) is 36.7 Å². The van der Waals surface area contributed by atoms with E-state index in [1.807, 2.05) is 42.5 Å². The van der Waals surface area contributed by atoms with Crippen molar-refractivity contribution >= 4 is 44.9 Å². The van der Waals surface area contributed by atoms with E-state index in [2.05, 4.69) is 15.2 Å².